The van der Waals surface area contributed by atoms with E-state index in [1.807, 2.05) is 5.43 Å². The molecule has 0 rings (SSSR count). The predicted molar refractivity (Wildman–Crippen MR) is 21.9 cm³/mol. The number of carbonyl (C=O) groups excluding carboxylic acids is 1. The van der Waals surface area contributed by atoms with Crippen molar-refractivity contribution in [2.75, 3.05) is 7.05 Å². The summed E-state index contributed by atoms with van der Waals surface area (Å²) in [6, 6.07) is -0.414. The SMILES string of the molecule is CNC(=O)NN=[NH2+]. The minimum atomic E-state index is -0.414. The summed E-state index contributed by atoms with van der Waals surface area (Å²) in [6.07, 6.45) is 0. The first kappa shape index (κ1) is 5.87. The third kappa shape index (κ3) is 2.68. The van der Waals surface area contributed by atoms with Gasteiger partial charge >= 0.3 is 6.03 Å². The molecule has 0 aromatic heterocycles. The number of rotatable bonds is 1. The summed E-state index contributed by atoms with van der Waals surface area (Å²) in [7, 11) is 1.47. The van der Waals surface area contributed by atoms with E-state index in [2.05, 4.69) is 16.1 Å². The lowest BCUT2D eigenvalue weighted by atomic mass is 11.0. The molecule has 0 atom stereocenters. The van der Waals surface area contributed by atoms with Crippen LogP contribution in [0.25, 0.3) is 0 Å². The Bertz CT molecular complexity index is 79.8. The highest BCUT2D eigenvalue weighted by molar-refractivity contribution is 5.72. The van der Waals surface area contributed by atoms with Crippen LogP contribution in [0.2, 0.25) is 0 Å². The number of nitrogens with two attached hydrogens (primary N) is 1. The van der Waals surface area contributed by atoms with E-state index >= 15 is 0 Å². The number of nitrogens with zero attached hydrogens (tertiary/aromatic N) is 1. The van der Waals surface area contributed by atoms with Gasteiger partial charge in [-0.1, -0.05) is 5.43 Å². The molecule has 0 bridgehead atoms. The van der Waals surface area contributed by atoms with Crippen LogP contribution in [0.1, 0.15) is 0 Å². The highest BCUT2D eigenvalue weighted by atomic mass is 16.2. The molecular formula is C2H7N4O+. The highest BCUT2D eigenvalue weighted by Gasteiger charge is 1.94. The fourth-order valence-electron chi connectivity index (χ4n) is 0.115. The maximum atomic E-state index is 10.0. The first-order valence-corrected chi connectivity index (χ1v) is 1.69. The summed E-state index contributed by atoms with van der Waals surface area (Å²) >= 11 is 0. The van der Waals surface area contributed by atoms with Crippen LogP contribution in [0.4, 0.5) is 4.79 Å². The van der Waals surface area contributed by atoms with Crippen LogP contribution < -0.4 is 16.3 Å². The van der Waals surface area contributed by atoms with Crippen LogP contribution >= 0.6 is 0 Å². The molecule has 0 aliphatic heterocycles. The summed E-state index contributed by atoms with van der Waals surface area (Å²) < 4.78 is 0. The van der Waals surface area contributed by atoms with Crippen LogP contribution in [0.5, 0.6) is 0 Å². The average molecular weight is 103 g/mol. The Morgan fingerprint density at radius 1 is 1.86 bits per heavy atom. The fourth-order valence-corrected chi connectivity index (χ4v) is 0.115. The zero-order valence-corrected chi connectivity index (χ0v) is 3.93. The zero-order chi connectivity index (χ0) is 5.70. The summed E-state index contributed by atoms with van der Waals surface area (Å²) in [5.74, 6) is 0. The Morgan fingerprint density at radius 3 is 2.57 bits per heavy atom. The number of amides is 2. The summed E-state index contributed by atoms with van der Waals surface area (Å²) in [5, 5.41) is 5.09. The fraction of sp³-hybridized carbons (Fsp3) is 0.500. The second-order valence-corrected chi connectivity index (χ2v) is 0.820. The molecule has 0 aromatic rings. The Balaban J connectivity index is 3.17. The molecule has 0 saturated carbocycles. The lowest BCUT2D eigenvalue weighted by Gasteiger charge is -1.83. The van der Waals surface area contributed by atoms with E-state index < -0.39 is 6.03 Å². The molecule has 0 spiro atoms. The molecule has 0 heterocycles. The maximum absolute atomic E-state index is 10.0. The van der Waals surface area contributed by atoms with Crippen LogP contribution in [0.3, 0.4) is 0 Å². The lowest BCUT2D eigenvalue weighted by molar-refractivity contribution is -0.228. The maximum Gasteiger partial charge on any atom is 0.426 e. The predicted octanol–water partition coefficient (Wildman–Crippen LogP) is -1.96. The van der Waals surface area contributed by atoms with Crippen LogP contribution in [0.15, 0.2) is 5.22 Å². The molecular weight excluding hydrogens is 96.0 g/mol. The van der Waals surface area contributed by atoms with Crippen molar-refractivity contribution in [1.29, 1.82) is 0 Å². The topological polar surface area (TPSA) is 79.1 Å². The van der Waals surface area contributed by atoms with Gasteiger partial charge in [-0.3, -0.25) is 0 Å². The molecule has 0 aliphatic carbocycles. The van der Waals surface area contributed by atoms with E-state index in [0.29, 0.717) is 0 Å². The van der Waals surface area contributed by atoms with E-state index in [0.717, 1.165) is 0 Å². The second kappa shape index (κ2) is 3.08. The minimum absolute atomic E-state index is 0.414. The lowest BCUT2D eigenvalue weighted by Crippen LogP contribution is -2.37. The van der Waals surface area contributed by atoms with Crippen LogP contribution in [-0.2, 0) is 0 Å². The van der Waals surface area contributed by atoms with Crippen molar-refractivity contribution < 1.29 is 10.3 Å². The van der Waals surface area contributed by atoms with Gasteiger partial charge in [-0.25, -0.2) is 4.79 Å². The third-order valence-electron chi connectivity index (χ3n) is 0.393. The number of urea groups is 1. The van der Waals surface area contributed by atoms with E-state index in [9.17, 15) is 4.79 Å². The van der Waals surface area contributed by atoms with Gasteiger partial charge in [-0.2, -0.15) is 5.53 Å². The van der Waals surface area contributed by atoms with Gasteiger partial charge in [0.15, 0.2) is 0 Å². The van der Waals surface area contributed by atoms with Crippen molar-refractivity contribution >= 4 is 6.03 Å². The Morgan fingerprint density at radius 2 is 2.43 bits per heavy atom. The van der Waals surface area contributed by atoms with Gasteiger partial charge in [-0.15, -0.1) is 0 Å². The van der Waals surface area contributed by atoms with Gasteiger partial charge in [0.2, 0.25) is 0 Å². The second-order valence-electron chi connectivity index (χ2n) is 0.820. The minimum Gasteiger partial charge on any atom is -0.320 e. The molecule has 0 unspecified atom stereocenters. The summed E-state index contributed by atoms with van der Waals surface area (Å²) in [5.41, 5.74) is 6.51. The Kier molecular flexibility index (Phi) is 2.58. The van der Waals surface area contributed by atoms with Gasteiger partial charge in [0, 0.05) is 7.05 Å². The van der Waals surface area contributed by atoms with E-state index in [4.69, 9.17) is 0 Å². The molecule has 2 amide bonds. The molecule has 0 fully saturated rings. The average Bonchev–Trinajstić information content (AvgIpc) is 1.68. The number of hydrogen-bond donors (Lipinski definition) is 3. The highest BCUT2D eigenvalue weighted by Crippen LogP contribution is 1.53. The van der Waals surface area contributed by atoms with E-state index in [-0.39, 0.29) is 0 Å². The van der Waals surface area contributed by atoms with E-state index in [1.165, 1.54) is 7.05 Å². The molecule has 5 nitrogen and oxygen atoms in total. The van der Waals surface area contributed by atoms with Crippen molar-refractivity contribution in [3.05, 3.63) is 0 Å². The molecule has 40 valence electrons. The van der Waals surface area contributed by atoms with Crippen LogP contribution in [0, 0.1) is 0 Å². The first-order valence-electron chi connectivity index (χ1n) is 1.69. The first-order chi connectivity index (χ1) is 3.31. The molecule has 0 aliphatic rings. The van der Waals surface area contributed by atoms with Gasteiger partial charge < -0.3 is 5.32 Å². The zero-order valence-electron chi connectivity index (χ0n) is 3.93. The third-order valence-corrected chi connectivity index (χ3v) is 0.393. The molecule has 5 heteroatoms. The number of carbonyl (C=O) groups is 1. The van der Waals surface area contributed by atoms with Gasteiger partial charge in [0.25, 0.3) is 0 Å². The quantitative estimate of drug-likeness (QED) is 0.261. The smallest absolute Gasteiger partial charge is 0.320 e. The van der Waals surface area contributed by atoms with Crippen LogP contribution in [-0.4, -0.2) is 13.1 Å². The summed E-state index contributed by atoms with van der Waals surface area (Å²) in [6.45, 7) is 0. The van der Waals surface area contributed by atoms with Crippen molar-refractivity contribution in [2.24, 2.45) is 5.22 Å². The normalized spacial score (nSPS) is 7.00. The largest absolute Gasteiger partial charge is 0.426 e. The standard InChI is InChI=1S/C2H6N4O/c1-4-2(7)5-6-3/h1H3,(H3,3,4,5,7)/p+1. The van der Waals surface area contributed by atoms with Crippen molar-refractivity contribution in [2.45, 2.75) is 0 Å². The molecule has 0 aromatic carbocycles. The van der Waals surface area contributed by atoms with E-state index in [1.54, 1.807) is 0 Å². The van der Waals surface area contributed by atoms with Crippen molar-refractivity contribution in [3.8, 4) is 0 Å². The molecule has 4 N–H and O–H groups in total. The number of nitrogens with one attached hydrogen (secondary N) is 2. The summed E-state index contributed by atoms with van der Waals surface area (Å²) in [4.78, 5) is 10.0. The molecule has 0 saturated heterocycles. The Hall–Kier alpha value is -1.13. The monoisotopic (exact) mass is 103 g/mol. The van der Waals surface area contributed by atoms with Gasteiger partial charge in [-0.05, 0) is 0 Å². The van der Waals surface area contributed by atoms with Crippen molar-refractivity contribution in [1.82, 2.24) is 10.7 Å². The van der Waals surface area contributed by atoms with Gasteiger partial charge in [0.1, 0.15) is 0 Å². The van der Waals surface area contributed by atoms with Gasteiger partial charge in [0.05, 0.1) is 5.22 Å². The number of hydrogen-bond acceptors (Lipinski definition) is 2. The molecule has 7 heavy (non-hydrogen) atoms. The van der Waals surface area contributed by atoms with Crippen molar-refractivity contribution in [3.63, 3.8) is 0 Å². The molecule has 0 radical (unpaired) electrons. The Labute approximate surface area is 40.6 Å².